The molecule has 33 heavy (non-hydrogen) atoms. The Kier molecular flexibility index (Phi) is 4.83. The highest BCUT2D eigenvalue weighted by Gasteiger charge is 2.43. The first-order valence-corrected chi connectivity index (χ1v) is 12.0. The third kappa shape index (κ3) is 3.36. The van der Waals surface area contributed by atoms with Gasteiger partial charge in [-0.1, -0.05) is 60.7 Å². The van der Waals surface area contributed by atoms with E-state index in [1.54, 1.807) is 11.9 Å². The maximum absolute atomic E-state index is 13.3. The fourth-order valence-electron chi connectivity index (χ4n) is 5.96. The van der Waals surface area contributed by atoms with Gasteiger partial charge < -0.3 is 10.2 Å². The molecule has 3 aromatic carbocycles. The van der Waals surface area contributed by atoms with Crippen molar-refractivity contribution in [1.29, 1.82) is 0 Å². The molecule has 0 aliphatic heterocycles. The summed E-state index contributed by atoms with van der Waals surface area (Å²) in [5.41, 5.74) is 6.94. The van der Waals surface area contributed by atoms with Gasteiger partial charge in [0, 0.05) is 31.3 Å². The van der Waals surface area contributed by atoms with Crippen molar-refractivity contribution < 1.29 is 9.59 Å². The van der Waals surface area contributed by atoms with Crippen LogP contribution >= 0.6 is 0 Å². The summed E-state index contributed by atoms with van der Waals surface area (Å²) in [6, 6.07) is 25.0. The topological polar surface area (TPSA) is 49.4 Å². The van der Waals surface area contributed by atoms with Gasteiger partial charge in [-0.2, -0.15) is 0 Å². The van der Waals surface area contributed by atoms with Gasteiger partial charge in [-0.15, -0.1) is 0 Å². The van der Waals surface area contributed by atoms with Crippen molar-refractivity contribution in [2.75, 3.05) is 18.5 Å². The Morgan fingerprint density at radius 2 is 1.42 bits per heavy atom. The predicted molar refractivity (Wildman–Crippen MR) is 130 cm³/mol. The van der Waals surface area contributed by atoms with Crippen molar-refractivity contribution in [3.8, 4) is 0 Å². The monoisotopic (exact) mass is 436 g/mol. The second kappa shape index (κ2) is 7.87. The zero-order valence-electron chi connectivity index (χ0n) is 18.8. The highest BCUT2D eigenvalue weighted by Crippen LogP contribution is 2.55. The zero-order valence-corrected chi connectivity index (χ0v) is 18.8. The van der Waals surface area contributed by atoms with Crippen LogP contribution in [-0.2, 0) is 4.79 Å². The predicted octanol–water partition coefficient (Wildman–Crippen LogP) is 5.09. The van der Waals surface area contributed by atoms with Crippen molar-refractivity contribution in [2.45, 2.75) is 31.1 Å². The first-order chi connectivity index (χ1) is 16.1. The van der Waals surface area contributed by atoms with Gasteiger partial charge in [0.25, 0.3) is 5.91 Å². The van der Waals surface area contributed by atoms with Gasteiger partial charge in [-0.3, -0.25) is 9.59 Å². The van der Waals surface area contributed by atoms with E-state index in [9.17, 15) is 9.59 Å². The van der Waals surface area contributed by atoms with E-state index < -0.39 is 0 Å². The fraction of sp³-hybridized carbons (Fsp3) is 0.310. The van der Waals surface area contributed by atoms with Crippen LogP contribution in [-0.4, -0.2) is 25.4 Å². The van der Waals surface area contributed by atoms with Gasteiger partial charge in [0.2, 0.25) is 5.91 Å². The van der Waals surface area contributed by atoms with Gasteiger partial charge in [0.15, 0.2) is 0 Å². The largest absolute Gasteiger partial charge is 0.352 e. The Balaban J connectivity index is 1.24. The van der Waals surface area contributed by atoms with Crippen LogP contribution in [0.5, 0.6) is 0 Å². The molecule has 0 radical (unpaired) electrons. The van der Waals surface area contributed by atoms with Crippen LogP contribution in [0.2, 0.25) is 0 Å². The number of fused-ring (bicyclic) bond motifs is 1. The summed E-state index contributed by atoms with van der Waals surface area (Å²) in [4.78, 5) is 27.5. The van der Waals surface area contributed by atoms with Crippen LogP contribution in [0.3, 0.4) is 0 Å². The molecule has 0 aromatic heterocycles. The average Bonchev–Trinajstić information content (AvgIpc) is 3.72. The molecule has 4 aliphatic rings. The number of hydrogen-bond donors (Lipinski definition) is 1. The molecular formula is C29H28N2O2. The van der Waals surface area contributed by atoms with Crippen molar-refractivity contribution in [1.82, 2.24) is 5.32 Å². The molecule has 166 valence electrons. The number of hydrogen-bond acceptors (Lipinski definition) is 2. The van der Waals surface area contributed by atoms with Gasteiger partial charge in [0.1, 0.15) is 0 Å². The van der Waals surface area contributed by atoms with Gasteiger partial charge in [-0.25, -0.2) is 0 Å². The fourth-order valence-corrected chi connectivity index (χ4v) is 5.96. The van der Waals surface area contributed by atoms with Crippen LogP contribution in [0.1, 0.15) is 63.7 Å². The maximum atomic E-state index is 13.3. The van der Waals surface area contributed by atoms with E-state index in [-0.39, 0.29) is 17.7 Å². The van der Waals surface area contributed by atoms with E-state index in [2.05, 4.69) is 53.8 Å². The molecule has 4 aliphatic carbocycles. The van der Waals surface area contributed by atoms with E-state index in [0.717, 1.165) is 19.3 Å². The van der Waals surface area contributed by atoms with Crippen LogP contribution in [0.15, 0.2) is 72.8 Å². The lowest BCUT2D eigenvalue weighted by molar-refractivity contribution is -0.119. The quantitative estimate of drug-likeness (QED) is 0.606. The van der Waals surface area contributed by atoms with Gasteiger partial charge >= 0.3 is 0 Å². The number of rotatable bonds is 5. The summed E-state index contributed by atoms with van der Waals surface area (Å²) >= 11 is 0. The molecule has 1 saturated carbocycles. The van der Waals surface area contributed by atoms with Crippen molar-refractivity contribution in [2.24, 2.45) is 11.8 Å². The third-order valence-corrected chi connectivity index (χ3v) is 7.71. The minimum atomic E-state index is -0.107. The van der Waals surface area contributed by atoms with E-state index in [0.29, 0.717) is 35.5 Å². The van der Waals surface area contributed by atoms with Crippen LogP contribution in [0.4, 0.5) is 5.69 Å². The van der Waals surface area contributed by atoms with E-state index in [1.807, 2.05) is 24.3 Å². The molecule has 4 heteroatoms. The molecule has 1 unspecified atom stereocenters. The number of amides is 2. The Morgan fingerprint density at radius 3 is 2.06 bits per heavy atom. The van der Waals surface area contributed by atoms with Crippen molar-refractivity contribution in [3.05, 3.63) is 101 Å². The summed E-state index contributed by atoms with van der Waals surface area (Å²) in [6.07, 6.45) is 2.94. The minimum Gasteiger partial charge on any atom is -0.352 e. The molecule has 0 spiro atoms. The number of carbonyl (C=O) groups is 2. The van der Waals surface area contributed by atoms with Crippen molar-refractivity contribution >= 4 is 17.5 Å². The normalized spacial score (nSPS) is 22.3. The molecule has 1 N–H and O–H groups in total. The second-order valence-corrected chi connectivity index (χ2v) is 9.68. The Morgan fingerprint density at radius 1 is 0.848 bits per heavy atom. The van der Waals surface area contributed by atoms with E-state index in [4.69, 9.17) is 0 Å². The molecule has 2 bridgehead atoms. The molecule has 7 rings (SSSR count). The second-order valence-electron chi connectivity index (χ2n) is 9.68. The number of nitrogens with zero attached hydrogens (tertiary/aromatic N) is 1. The summed E-state index contributed by atoms with van der Waals surface area (Å²) in [5, 5.41) is 3.22. The molecule has 4 nitrogen and oxygen atoms in total. The number of carbonyl (C=O) groups excluding carboxylic acids is 2. The molecule has 1 atom stereocenters. The molecule has 0 saturated heterocycles. The summed E-state index contributed by atoms with van der Waals surface area (Å²) in [5.74, 6) is 1.15. The first-order valence-electron chi connectivity index (χ1n) is 12.0. The molecule has 2 amide bonds. The summed E-state index contributed by atoms with van der Waals surface area (Å²) < 4.78 is 0. The van der Waals surface area contributed by atoms with Gasteiger partial charge in [0.05, 0.1) is 11.3 Å². The SMILES string of the molecule is CN(C(=O)C1CC1)c1ccccc1C(=O)NCC1CC2c3ccccc3C1c1ccccc12. The number of para-hydroxylation sites is 1. The lowest BCUT2D eigenvalue weighted by Gasteiger charge is -2.45. The Labute approximate surface area is 194 Å². The highest BCUT2D eigenvalue weighted by molar-refractivity contribution is 6.05. The smallest absolute Gasteiger partial charge is 0.253 e. The molecular weight excluding hydrogens is 408 g/mol. The Bertz CT molecular complexity index is 1200. The molecule has 3 aromatic rings. The first kappa shape index (κ1) is 20.2. The summed E-state index contributed by atoms with van der Waals surface area (Å²) in [7, 11) is 1.78. The summed E-state index contributed by atoms with van der Waals surface area (Å²) in [6.45, 7) is 0.622. The highest BCUT2D eigenvalue weighted by atomic mass is 16.2. The van der Waals surface area contributed by atoms with Crippen LogP contribution < -0.4 is 10.2 Å². The van der Waals surface area contributed by atoms with Gasteiger partial charge in [-0.05, 0) is 59.6 Å². The average molecular weight is 437 g/mol. The number of benzene rings is 3. The lowest BCUT2D eigenvalue weighted by atomic mass is 9.59. The van der Waals surface area contributed by atoms with Crippen molar-refractivity contribution in [3.63, 3.8) is 0 Å². The van der Waals surface area contributed by atoms with E-state index >= 15 is 0 Å². The third-order valence-electron chi connectivity index (χ3n) is 7.71. The Hall–Kier alpha value is -3.40. The number of nitrogens with one attached hydrogen (secondary N) is 1. The maximum Gasteiger partial charge on any atom is 0.253 e. The van der Waals surface area contributed by atoms with Crippen LogP contribution in [0.25, 0.3) is 0 Å². The van der Waals surface area contributed by atoms with E-state index in [1.165, 1.54) is 22.3 Å². The zero-order chi connectivity index (χ0) is 22.5. The molecule has 0 heterocycles. The minimum absolute atomic E-state index is 0.105. The lowest BCUT2D eigenvalue weighted by Crippen LogP contribution is -2.39. The number of anilines is 1. The standard InChI is InChI=1S/C29H28N2O2/c1-31(29(33)18-14-15-18)26-13-7-6-12-24(26)28(32)30-17-19-16-25-20-8-2-4-10-22(20)27(19)23-11-5-3-9-21(23)25/h2-13,18-19,25,27H,14-17H2,1H3,(H,30,32). The molecule has 1 fully saturated rings. The van der Waals surface area contributed by atoms with Crippen LogP contribution in [0, 0.1) is 11.8 Å².